The van der Waals surface area contributed by atoms with Crippen LogP contribution in [0, 0.1) is 18.6 Å². The lowest BCUT2D eigenvalue weighted by Gasteiger charge is -2.08. The van der Waals surface area contributed by atoms with Crippen LogP contribution in [0.2, 0.25) is 0 Å². The predicted octanol–water partition coefficient (Wildman–Crippen LogP) is 1.52. The summed E-state index contributed by atoms with van der Waals surface area (Å²) in [5.74, 6) is -3.19. The molecule has 0 aliphatic carbocycles. The first-order valence-corrected chi connectivity index (χ1v) is 5.19. The van der Waals surface area contributed by atoms with E-state index in [9.17, 15) is 18.4 Å². The molecule has 0 aliphatic heterocycles. The van der Waals surface area contributed by atoms with E-state index in [2.05, 4.69) is 5.10 Å². The van der Waals surface area contributed by atoms with E-state index in [1.807, 2.05) is 0 Å². The number of hydrogen-bond acceptors (Lipinski definition) is 3. The SMILES string of the molecule is Cc1cn(-c2ccc(F)cc2F)nc(C(=O)O)c1=O. The van der Waals surface area contributed by atoms with Crippen LogP contribution in [0.3, 0.4) is 0 Å². The van der Waals surface area contributed by atoms with Gasteiger partial charge in [0.05, 0.1) is 0 Å². The van der Waals surface area contributed by atoms with Crippen LogP contribution in [0.25, 0.3) is 5.69 Å². The third-order valence-corrected chi connectivity index (χ3v) is 2.46. The maximum atomic E-state index is 13.6. The Morgan fingerprint density at radius 2 is 2.05 bits per heavy atom. The summed E-state index contributed by atoms with van der Waals surface area (Å²) < 4.78 is 27.3. The van der Waals surface area contributed by atoms with Gasteiger partial charge in [0.2, 0.25) is 11.1 Å². The molecule has 0 spiro atoms. The van der Waals surface area contributed by atoms with Crippen LogP contribution in [-0.2, 0) is 0 Å². The first-order valence-electron chi connectivity index (χ1n) is 5.19. The number of carboxylic acids is 1. The first kappa shape index (κ1) is 12.9. The summed E-state index contributed by atoms with van der Waals surface area (Å²) in [5.41, 5.74) is -1.52. The van der Waals surface area contributed by atoms with Crippen molar-refractivity contribution >= 4 is 5.97 Å². The fraction of sp³-hybridized carbons (Fsp3) is 0.0833. The van der Waals surface area contributed by atoms with Gasteiger partial charge in [0.15, 0.2) is 5.82 Å². The van der Waals surface area contributed by atoms with E-state index >= 15 is 0 Å². The molecule has 0 aliphatic rings. The summed E-state index contributed by atoms with van der Waals surface area (Å²) in [6, 6.07) is 2.76. The van der Waals surface area contributed by atoms with Crippen LogP contribution in [-0.4, -0.2) is 20.9 Å². The number of rotatable bonds is 2. The minimum Gasteiger partial charge on any atom is -0.476 e. The zero-order valence-corrected chi connectivity index (χ0v) is 9.72. The Labute approximate surface area is 105 Å². The van der Waals surface area contributed by atoms with Crippen molar-refractivity contribution in [1.82, 2.24) is 9.78 Å². The van der Waals surface area contributed by atoms with Crippen molar-refractivity contribution in [2.75, 3.05) is 0 Å². The summed E-state index contributed by atoms with van der Waals surface area (Å²) >= 11 is 0. The van der Waals surface area contributed by atoms with Crippen molar-refractivity contribution in [3.8, 4) is 5.69 Å². The largest absolute Gasteiger partial charge is 0.476 e. The topological polar surface area (TPSA) is 72.2 Å². The number of halogens is 2. The van der Waals surface area contributed by atoms with Crippen molar-refractivity contribution in [2.24, 2.45) is 0 Å². The Morgan fingerprint density at radius 3 is 2.63 bits per heavy atom. The lowest BCUT2D eigenvalue weighted by atomic mass is 10.2. The number of carbonyl (C=O) groups is 1. The molecule has 7 heteroatoms. The van der Waals surface area contributed by atoms with E-state index < -0.39 is 28.7 Å². The normalized spacial score (nSPS) is 10.5. The Hall–Kier alpha value is -2.57. The molecule has 0 unspecified atom stereocenters. The smallest absolute Gasteiger partial charge is 0.360 e. The molecule has 2 rings (SSSR count). The second kappa shape index (κ2) is 4.60. The van der Waals surface area contributed by atoms with E-state index in [0.29, 0.717) is 6.07 Å². The molecule has 1 aromatic carbocycles. The molecular weight excluding hydrogens is 258 g/mol. The van der Waals surface area contributed by atoms with Crippen molar-refractivity contribution in [3.05, 3.63) is 57.5 Å². The highest BCUT2D eigenvalue weighted by atomic mass is 19.1. The highest BCUT2D eigenvalue weighted by Gasteiger charge is 2.15. The number of benzene rings is 1. The number of hydrogen-bond donors (Lipinski definition) is 1. The molecule has 1 aromatic heterocycles. The van der Waals surface area contributed by atoms with E-state index in [0.717, 1.165) is 16.8 Å². The fourth-order valence-electron chi connectivity index (χ4n) is 1.54. The van der Waals surface area contributed by atoms with Crippen LogP contribution in [0.5, 0.6) is 0 Å². The third-order valence-electron chi connectivity index (χ3n) is 2.46. The van der Waals surface area contributed by atoms with Gasteiger partial charge in [-0.05, 0) is 19.1 Å². The van der Waals surface area contributed by atoms with Crippen molar-refractivity contribution in [2.45, 2.75) is 6.92 Å². The molecule has 5 nitrogen and oxygen atoms in total. The van der Waals surface area contributed by atoms with Crippen molar-refractivity contribution in [1.29, 1.82) is 0 Å². The van der Waals surface area contributed by atoms with Gasteiger partial charge in [0.25, 0.3) is 0 Å². The molecule has 0 saturated heterocycles. The van der Waals surface area contributed by atoms with Gasteiger partial charge in [0, 0.05) is 17.8 Å². The van der Waals surface area contributed by atoms with Crippen LogP contribution >= 0.6 is 0 Å². The van der Waals surface area contributed by atoms with Gasteiger partial charge < -0.3 is 5.11 Å². The molecule has 19 heavy (non-hydrogen) atoms. The molecule has 0 amide bonds. The summed E-state index contributed by atoms with van der Waals surface area (Å²) in [7, 11) is 0. The number of aryl methyl sites for hydroxylation is 1. The van der Waals surface area contributed by atoms with Gasteiger partial charge in [-0.1, -0.05) is 0 Å². The maximum absolute atomic E-state index is 13.6. The standard InChI is InChI=1S/C12H8F2N2O3/c1-6-5-16(15-10(11(6)17)12(18)19)9-3-2-7(13)4-8(9)14/h2-5H,1H3,(H,18,19). The average molecular weight is 266 g/mol. The molecule has 0 saturated carbocycles. The van der Waals surface area contributed by atoms with Gasteiger partial charge >= 0.3 is 5.97 Å². The van der Waals surface area contributed by atoms with Crippen LogP contribution in [0.1, 0.15) is 16.1 Å². The number of aromatic carboxylic acids is 1. The van der Waals surface area contributed by atoms with Crippen molar-refractivity contribution < 1.29 is 18.7 Å². The van der Waals surface area contributed by atoms with Crippen LogP contribution in [0.4, 0.5) is 8.78 Å². The molecule has 1 N–H and O–H groups in total. The molecule has 1 heterocycles. The Morgan fingerprint density at radius 1 is 1.37 bits per heavy atom. The van der Waals surface area contributed by atoms with Gasteiger partial charge in [0.1, 0.15) is 11.5 Å². The number of aromatic nitrogens is 2. The summed E-state index contributed by atoms with van der Waals surface area (Å²) in [6.07, 6.45) is 1.19. The minimum absolute atomic E-state index is 0.0936. The molecule has 98 valence electrons. The highest BCUT2D eigenvalue weighted by Crippen LogP contribution is 2.13. The maximum Gasteiger partial charge on any atom is 0.360 e. The van der Waals surface area contributed by atoms with E-state index in [1.165, 1.54) is 13.1 Å². The third kappa shape index (κ3) is 2.35. The van der Waals surface area contributed by atoms with Crippen LogP contribution in [0.15, 0.2) is 29.2 Å². The average Bonchev–Trinajstić information content (AvgIpc) is 2.32. The minimum atomic E-state index is -1.51. The molecule has 0 atom stereocenters. The molecule has 0 fully saturated rings. The Balaban J connectivity index is 2.70. The second-order valence-corrected chi connectivity index (χ2v) is 3.84. The summed E-state index contributed by atoms with van der Waals surface area (Å²) in [6.45, 7) is 1.38. The van der Waals surface area contributed by atoms with Crippen LogP contribution < -0.4 is 5.43 Å². The molecule has 0 bridgehead atoms. The lowest BCUT2D eigenvalue weighted by Crippen LogP contribution is -2.23. The lowest BCUT2D eigenvalue weighted by molar-refractivity contribution is 0.0686. The van der Waals surface area contributed by atoms with E-state index in [-0.39, 0.29) is 11.3 Å². The zero-order valence-electron chi connectivity index (χ0n) is 9.72. The Kier molecular flexibility index (Phi) is 3.12. The Bertz CT molecular complexity index is 725. The van der Waals surface area contributed by atoms with E-state index in [4.69, 9.17) is 5.11 Å². The fourth-order valence-corrected chi connectivity index (χ4v) is 1.54. The predicted molar refractivity (Wildman–Crippen MR) is 61.4 cm³/mol. The highest BCUT2D eigenvalue weighted by molar-refractivity contribution is 5.85. The van der Waals surface area contributed by atoms with Gasteiger partial charge in [-0.15, -0.1) is 0 Å². The van der Waals surface area contributed by atoms with Gasteiger partial charge in [-0.2, -0.15) is 5.10 Å². The van der Waals surface area contributed by atoms with Gasteiger partial charge in [-0.3, -0.25) is 4.79 Å². The summed E-state index contributed by atoms with van der Waals surface area (Å²) in [4.78, 5) is 22.4. The molecular formula is C12H8F2N2O3. The monoisotopic (exact) mass is 266 g/mol. The van der Waals surface area contributed by atoms with Gasteiger partial charge in [-0.25, -0.2) is 18.3 Å². The second-order valence-electron chi connectivity index (χ2n) is 3.84. The number of nitrogens with zero attached hydrogens (tertiary/aromatic N) is 2. The molecule has 2 aromatic rings. The summed E-state index contributed by atoms with van der Waals surface area (Å²) in [5, 5.41) is 12.4. The molecule has 0 radical (unpaired) electrons. The van der Waals surface area contributed by atoms with Crippen molar-refractivity contribution in [3.63, 3.8) is 0 Å². The number of carboxylic acid groups (broad SMARTS) is 1. The quantitative estimate of drug-likeness (QED) is 0.894. The zero-order chi connectivity index (χ0) is 14.2. The first-order chi connectivity index (χ1) is 8.90. The van der Waals surface area contributed by atoms with E-state index in [1.54, 1.807) is 0 Å².